The molecule has 0 saturated carbocycles. The van der Waals surface area contributed by atoms with Gasteiger partial charge in [-0.15, -0.1) is 12.4 Å². The SMILES string of the molecule is CC(O)C(N)C(=O)OC(C)(C)C.COC1C(C(=O)NC(C(=O)OC(C)(C)C)C(C)O)OC(OC2C(O)C(CO)OC(OC3C(C(=O)[O-])OC(OC4C(O)C(CO)OC(C)C4NC(C)=O)C(O)C3O)C2NC(C)=O)C(O)C1O.COC1C(C(=O)[O-])OC(OC2C(O)C(CO)OC(C)C2NC(C)=O)C(O)C1O.Cl.[Na+].[Na+]. The summed E-state index contributed by atoms with van der Waals surface area (Å²) < 4.78 is 76.5. The molecular weight excluding hydrogens is 1500 g/mol. The van der Waals surface area contributed by atoms with Crippen LogP contribution in [-0.4, -0.2) is 372 Å². The Labute approximate surface area is 671 Å². The average molecular weight is 1610 g/mol. The van der Waals surface area contributed by atoms with Crippen LogP contribution in [0.15, 0.2) is 0 Å². The number of hydrogen-bond acceptors (Lipinski definition) is 39. The van der Waals surface area contributed by atoms with Crippen molar-refractivity contribution < 1.29 is 245 Å². The minimum absolute atomic E-state index is 0. The van der Waals surface area contributed by atoms with Gasteiger partial charge in [-0.1, -0.05) is 0 Å². The van der Waals surface area contributed by atoms with Gasteiger partial charge in [-0.3, -0.25) is 24.0 Å². The van der Waals surface area contributed by atoms with Crippen LogP contribution in [0.5, 0.6) is 0 Å². The van der Waals surface area contributed by atoms with E-state index in [4.69, 9.17) is 77.2 Å². The van der Waals surface area contributed by atoms with Crippen molar-refractivity contribution >= 4 is 59.9 Å². The maximum atomic E-state index is 13.7. The van der Waals surface area contributed by atoms with Crippen molar-refractivity contribution in [3.63, 3.8) is 0 Å². The first-order valence-corrected chi connectivity index (χ1v) is 33.3. The van der Waals surface area contributed by atoms with E-state index < -0.39 is 286 Å². The van der Waals surface area contributed by atoms with Crippen molar-refractivity contribution in [2.24, 2.45) is 5.73 Å². The Morgan fingerprint density at radius 3 is 1.07 bits per heavy atom. The van der Waals surface area contributed by atoms with Gasteiger partial charge in [-0.2, -0.15) is 0 Å². The van der Waals surface area contributed by atoms with Gasteiger partial charge >= 0.3 is 71.1 Å². The molecule has 34 atom stereocenters. The Hall–Kier alpha value is -3.03. The number of ether oxygens (including phenoxy) is 14. The zero-order chi connectivity index (χ0) is 80.1. The van der Waals surface area contributed by atoms with Gasteiger partial charge in [0, 0.05) is 35.0 Å². The molecule has 4 amide bonds. The summed E-state index contributed by atoms with van der Waals surface area (Å²) in [5, 5.41) is 180. The summed E-state index contributed by atoms with van der Waals surface area (Å²) in [5.41, 5.74) is 3.75. The molecule has 6 aliphatic heterocycles. The maximum absolute atomic E-state index is 13.7. The number of carboxylic acid groups (broad SMARTS) is 2. The van der Waals surface area contributed by atoms with Crippen LogP contribution in [0.3, 0.4) is 0 Å². The monoisotopic (exact) mass is 1610 g/mol. The molecule has 616 valence electrons. The van der Waals surface area contributed by atoms with Crippen LogP contribution in [0.2, 0.25) is 0 Å². The van der Waals surface area contributed by atoms with Crippen LogP contribution < -0.4 is 96.3 Å². The second kappa shape index (κ2) is 45.3. The van der Waals surface area contributed by atoms with Gasteiger partial charge < -0.3 is 185 Å². The van der Waals surface area contributed by atoms with E-state index in [1.807, 2.05) is 0 Å². The molecular formula is C62H106ClN5Na2O38. The van der Waals surface area contributed by atoms with E-state index in [-0.39, 0.29) is 71.5 Å². The van der Waals surface area contributed by atoms with Crippen LogP contribution in [0, 0.1) is 0 Å². The van der Waals surface area contributed by atoms with Gasteiger partial charge in [0.15, 0.2) is 37.3 Å². The number of aliphatic carboxylic acids is 2. The number of rotatable bonds is 24. The minimum atomic E-state index is -2.38. The third-order valence-corrected chi connectivity index (χ3v) is 17.0. The molecule has 0 aromatic carbocycles. The molecule has 0 bridgehead atoms. The van der Waals surface area contributed by atoms with Crippen molar-refractivity contribution in [1.29, 1.82) is 0 Å². The normalized spacial score (nSPS) is 38.0. The number of carboxylic acids is 2. The Balaban J connectivity index is 0.00000111. The largest absolute Gasteiger partial charge is 1.00 e. The Bertz CT molecular complexity index is 2840. The Morgan fingerprint density at radius 1 is 0.444 bits per heavy atom. The first-order chi connectivity index (χ1) is 48.6. The van der Waals surface area contributed by atoms with E-state index in [0.29, 0.717) is 0 Å². The molecule has 46 heteroatoms. The maximum Gasteiger partial charge on any atom is 1.00 e. The summed E-state index contributed by atoms with van der Waals surface area (Å²) in [4.78, 5) is 97.7. The second-order valence-corrected chi connectivity index (χ2v) is 27.7. The van der Waals surface area contributed by atoms with Gasteiger partial charge in [-0.25, -0.2) is 4.79 Å². The number of carbonyl (C=O) groups is 8. The van der Waals surface area contributed by atoms with E-state index in [9.17, 15) is 115 Å². The fraction of sp³-hybridized carbons (Fsp3) is 0.871. The van der Waals surface area contributed by atoms with Crippen LogP contribution >= 0.6 is 12.4 Å². The van der Waals surface area contributed by atoms with Gasteiger partial charge in [0.25, 0.3) is 5.91 Å². The Morgan fingerprint density at radius 2 is 0.750 bits per heavy atom. The van der Waals surface area contributed by atoms with Crippen molar-refractivity contribution in [1.82, 2.24) is 21.3 Å². The number of methoxy groups -OCH3 is 2. The molecule has 6 aliphatic rings. The van der Waals surface area contributed by atoms with Crippen LogP contribution in [0.4, 0.5) is 0 Å². The van der Waals surface area contributed by atoms with E-state index in [1.165, 1.54) is 48.5 Å². The van der Waals surface area contributed by atoms with Crippen molar-refractivity contribution in [2.45, 2.75) is 309 Å². The van der Waals surface area contributed by atoms with E-state index >= 15 is 0 Å². The third-order valence-electron chi connectivity index (χ3n) is 17.0. The molecule has 34 unspecified atom stereocenters. The number of nitrogens with two attached hydrogens (primary N) is 1. The molecule has 6 saturated heterocycles. The summed E-state index contributed by atoms with van der Waals surface area (Å²) in [6.07, 6.45) is -49.4. The molecule has 6 rings (SSSR count). The first-order valence-electron chi connectivity index (χ1n) is 33.3. The third kappa shape index (κ3) is 27.6. The first kappa shape index (κ1) is 103. The predicted octanol–water partition coefficient (Wildman–Crippen LogP) is -19.1. The standard InChI is InChI=1S/C38H63N3O24.C16H27NO11.C8H17NO3.ClH.2Na/c1-11(44)17(34(56)65-38(5,6)7)41-32(53)30-28(57-8)22(49)24(51)36(63-30)61-27-19(40-14(4)46)35(59-16(10-43)21(27)48)62-29-23(50)25(52)37(64-31(29)33(54)55)60-26-18(39-13(3)45)12(2)58-15(9-42)20(26)47;1-5-8(17-6(2)19)12(9(20)7(4-18)26-5)27-16-11(22)10(21)13(25-3)14(28-16)15(23)24;1-5(10)6(9)7(11)12-8(2,3)4;;;/h11-12,15-31,35-37,42-44,47-52H,9-10H2,1-8H3,(H,39,45)(H,40,46)(H,41,53)(H,54,55);5,7-14,16,18,20-22H,4H2,1-3H3,(H,17,19)(H,23,24);5-6,10H,9H2,1-4H3;1H;;/q;;;;2*+1/p-2. The number of halogens is 1. The molecule has 0 spiro atoms. The van der Waals surface area contributed by atoms with Crippen LogP contribution in [-0.2, 0) is 105 Å². The van der Waals surface area contributed by atoms with Crippen molar-refractivity contribution in [2.75, 3.05) is 34.0 Å². The average Bonchev–Trinajstić information content (AvgIpc) is 0.771. The van der Waals surface area contributed by atoms with E-state index in [0.717, 1.165) is 28.1 Å². The van der Waals surface area contributed by atoms with Crippen LogP contribution in [0.25, 0.3) is 0 Å². The molecule has 0 radical (unpaired) electrons. The zero-order valence-corrected chi connectivity index (χ0v) is 67.6. The number of aliphatic hydroxyl groups is 14. The summed E-state index contributed by atoms with van der Waals surface area (Å²) in [6, 6.07) is -6.55. The fourth-order valence-electron chi connectivity index (χ4n) is 11.8. The molecule has 0 aromatic heterocycles. The van der Waals surface area contributed by atoms with E-state index in [1.54, 1.807) is 27.7 Å². The molecule has 108 heavy (non-hydrogen) atoms. The molecule has 6 heterocycles. The second-order valence-electron chi connectivity index (χ2n) is 27.7. The van der Waals surface area contributed by atoms with Crippen molar-refractivity contribution in [3.8, 4) is 0 Å². The molecule has 20 N–H and O–H groups in total. The van der Waals surface area contributed by atoms with Gasteiger partial charge in [0.1, 0.15) is 145 Å². The quantitative estimate of drug-likeness (QED) is 0.0315. The number of amides is 4. The minimum Gasteiger partial charge on any atom is -0.547 e. The topological polar surface area (TPSA) is 669 Å². The summed E-state index contributed by atoms with van der Waals surface area (Å²) in [5.74, 6) is -8.52. The van der Waals surface area contributed by atoms with Gasteiger partial charge in [-0.05, 0) is 69.2 Å². The molecule has 0 aliphatic carbocycles. The number of esters is 2. The van der Waals surface area contributed by atoms with Gasteiger partial charge in [0.2, 0.25) is 17.7 Å². The number of nitrogens with one attached hydrogen (secondary N) is 4. The van der Waals surface area contributed by atoms with E-state index in [2.05, 4.69) is 21.3 Å². The van der Waals surface area contributed by atoms with Crippen LogP contribution in [0.1, 0.15) is 90.0 Å². The molecule has 6 fully saturated rings. The fourth-order valence-corrected chi connectivity index (χ4v) is 11.8. The molecule has 0 aromatic rings. The van der Waals surface area contributed by atoms with Crippen molar-refractivity contribution in [3.05, 3.63) is 0 Å². The summed E-state index contributed by atoms with van der Waals surface area (Å²) >= 11 is 0. The predicted molar refractivity (Wildman–Crippen MR) is 345 cm³/mol. The number of aliphatic hydroxyl groups excluding tert-OH is 14. The number of hydrogen-bond donors (Lipinski definition) is 19. The Kier molecular flexibility index (Phi) is 43.2. The summed E-state index contributed by atoms with van der Waals surface area (Å²) in [6.45, 7) is 16.6. The molecule has 43 nitrogen and oxygen atoms in total. The smallest absolute Gasteiger partial charge is 0.547 e. The number of carbonyl (C=O) groups excluding carboxylic acids is 8. The van der Waals surface area contributed by atoms with Gasteiger partial charge in [0.05, 0.1) is 68.3 Å². The summed E-state index contributed by atoms with van der Waals surface area (Å²) in [7, 11) is 2.18. The zero-order valence-electron chi connectivity index (χ0n) is 62.8.